The normalized spacial score (nSPS) is 10.9. The quantitative estimate of drug-likeness (QED) is 0.833. The van der Waals surface area contributed by atoms with Crippen LogP contribution in [0.5, 0.6) is 0 Å². The van der Waals surface area contributed by atoms with Gasteiger partial charge in [0.05, 0.1) is 0 Å². The van der Waals surface area contributed by atoms with Gasteiger partial charge in [0.15, 0.2) is 4.34 Å². The fourth-order valence-corrected chi connectivity index (χ4v) is 2.88. The molecule has 3 nitrogen and oxygen atoms in total. The number of thioether (sulfide) groups is 2. The molecular weight excluding hydrogens is 296 g/mol. The topological polar surface area (TPSA) is 37.8 Å². The highest BCUT2D eigenvalue weighted by Crippen LogP contribution is 2.29. The van der Waals surface area contributed by atoms with E-state index in [9.17, 15) is 8.78 Å². The zero-order valence-corrected chi connectivity index (χ0v) is 11.7. The average molecular weight is 305 g/mol. The molecule has 0 fully saturated rings. The van der Waals surface area contributed by atoms with Crippen LogP contribution in [0.1, 0.15) is 0 Å². The second-order valence-electron chi connectivity index (χ2n) is 3.11. The molecule has 0 saturated heterocycles. The predicted molar refractivity (Wildman–Crippen MR) is 73.3 cm³/mol. The number of anilines is 2. The SMILES string of the molecule is CSc1nnc(Nc2ccc(SC(F)F)cc2)s1. The summed E-state index contributed by atoms with van der Waals surface area (Å²) in [6.45, 7) is 0. The first kappa shape index (κ1) is 13.6. The molecule has 0 bridgehead atoms. The van der Waals surface area contributed by atoms with Crippen LogP contribution in [0.15, 0.2) is 33.5 Å². The first-order valence-corrected chi connectivity index (χ1v) is 7.79. The van der Waals surface area contributed by atoms with E-state index in [1.807, 2.05) is 6.26 Å². The first-order valence-electron chi connectivity index (χ1n) is 4.87. The molecule has 0 atom stereocenters. The van der Waals surface area contributed by atoms with E-state index in [0.717, 1.165) is 10.0 Å². The minimum absolute atomic E-state index is 0.531. The van der Waals surface area contributed by atoms with E-state index in [0.29, 0.717) is 21.8 Å². The Hall–Kier alpha value is -0.860. The lowest BCUT2D eigenvalue weighted by Crippen LogP contribution is -1.89. The van der Waals surface area contributed by atoms with Crippen LogP contribution in [-0.4, -0.2) is 22.2 Å². The van der Waals surface area contributed by atoms with E-state index < -0.39 is 5.76 Å². The summed E-state index contributed by atoms with van der Waals surface area (Å²) in [5, 5.41) is 11.7. The highest BCUT2D eigenvalue weighted by molar-refractivity contribution is 8.00. The van der Waals surface area contributed by atoms with Crippen LogP contribution in [0.2, 0.25) is 0 Å². The van der Waals surface area contributed by atoms with Crippen molar-refractivity contribution in [2.45, 2.75) is 15.0 Å². The van der Waals surface area contributed by atoms with Gasteiger partial charge in [0.2, 0.25) is 5.13 Å². The largest absolute Gasteiger partial charge is 0.330 e. The van der Waals surface area contributed by atoms with E-state index >= 15 is 0 Å². The molecule has 0 aliphatic rings. The standard InChI is InChI=1S/C10H9F2N3S3/c1-16-10-15-14-9(18-10)13-6-2-4-7(5-3-6)17-8(11)12/h2-5,8H,1H3,(H,13,14). The maximum Gasteiger partial charge on any atom is 0.288 e. The average Bonchev–Trinajstić information content (AvgIpc) is 2.79. The van der Waals surface area contributed by atoms with E-state index in [1.165, 1.54) is 23.1 Å². The number of nitrogens with one attached hydrogen (secondary N) is 1. The minimum atomic E-state index is -2.39. The monoisotopic (exact) mass is 305 g/mol. The van der Waals surface area contributed by atoms with Crippen LogP contribution in [0.25, 0.3) is 0 Å². The Labute approximate surface area is 115 Å². The van der Waals surface area contributed by atoms with Crippen LogP contribution in [0.4, 0.5) is 19.6 Å². The molecule has 0 aliphatic carbocycles. The summed E-state index contributed by atoms with van der Waals surface area (Å²) in [4.78, 5) is 0.539. The maximum absolute atomic E-state index is 12.1. The Morgan fingerprint density at radius 2 is 1.94 bits per heavy atom. The Morgan fingerprint density at radius 1 is 1.22 bits per heavy atom. The lowest BCUT2D eigenvalue weighted by Gasteiger charge is -2.03. The second-order valence-corrected chi connectivity index (χ2v) is 6.20. The predicted octanol–water partition coefficient (Wildman–Crippen LogP) is 4.32. The van der Waals surface area contributed by atoms with Crippen molar-refractivity contribution in [1.29, 1.82) is 0 Å². The summed E-state index contributed by atoms with van der Waals surface area (Å²) in [7, 11) is 0. The highest BCUT2D eigenvalue weighted by Gasteiger charge is 2.06. The summed E-state index contributed by atoms with van der Waals surface area (Å²) in [5.41, 5.74) is 0.803. The van der Waals surface area contributed by atoms with E-state index in [4.69, 9.17) is 0 Å². The Bertz CT molecular complexity index is 501. The minimum Gasteiger partial charge on any atom is -0.330 e. The van der Waals surface area contributed by atoms with Gasteiger partial charge in [-0.25, -0.2) is 0 Å². The van der Waals surface area contributed by atoms with E-state index in [1.54, 1.807) is 24.3 Å². The Balaban J connectivity index is 2.01. The molecule has 0 radical (unpaired) electrons. The zero-order valence-electron chi connectivity index (χ0n) is 9.26. The fourth-order valence-electron chi connectivity index (χ4n) is 1.19. The van der Waals surface area contributed by atoms with Gasteiger partial charge in [-0.3, -0.25) is 0 Å². The Kier molecular flexibility index (Phi) is 4.79. The number of hydrogen-bond acceptors (Lipinski definition) is 6. The van der Waals surface area contributed by atoms with Crippen molar-refractivity contribution in [2.24, 2.45) is 0 Å². The van der Waals surface area contributed by atoms with Gasteiger partial charge in [-0.2, -0.15) is 8.78 Å². The van der Waals surface area contributed by atoms with Crippen molar-refractivity contribution in [3.63, 3.8) is 0 Å². The molecule has 0 saturated carbocycles. The number of benzene rings is 1. The van der Waals surface area contributed by atoms with Crippen LogP contribution in [-0.2, 0) is 0 Å². The summed E-state index contributed by atoms with van der Waals surface area (Å²) >= 11 is 3.51. The number of aromatic nitrogens is 2. The number of hydrogen-bond donors (Lipinski definition) is 1. The van der Waals surface area contributed by atoms with E-state index in [2.05, 4.69) is 15.5 Å². The molecule has 2 aromatic rings. The number of nitrogens with zero attached hydrogens (tertiary/aromatic N) is 2. The summed E-state index contributed by atoms with van der Waals surface area (Å²) < 4.78 is 25.2. The first-order chi connectivity index (χ1) is 8.67. The van der Waals surface area contributed by atoms with Crippen molar-refractivity contribution in [3.05, 3.63) is 24.3 Å². The third-order valence-electron chi connectivity index (χ3n) is 1.91. The molecular formula is C10H9F2N3S3. The van der Waals surface area contributed by atoms with E-state index in [-0.39, 0.29) is 0 Å². The zero-order chi connectivity index (χ0) is 13.0. The third kappa shape index (κ3) is 3.82. The lowest BCUT2D eigenvalue weighted by molar-refractivity contribution is 0.252. The van der Waals surface area contributed by atoms with Gasteiger partial charge < -0.3 is 5.32 Å². The van der Waals surface area contributed by atoms with Gasteiger partial charge in [0, 0.05) is 10.6 Å². The molecule has 1 aromatic heterocycles. The van der Waals surface area contributed by atoms with Crippen LogP contribution < -0.4 is 5.32 Å². The van der Waals surface area contributed by atoms with Crippen molar-refractivity contribution in [1.82, 2.24) is 10.2 Å². The lowest BCUT2D eigenvalue weighted by atomic mass is 10.3. The van der Waals surface area contributed by atoms with Crippen LogP contribution in [0.3, 0.4) is 0 Å². The smallest absolute Gasteiger partial charge is 0.288 e. The second kappa shape index (κ2) is 6.35. The molecule has 18 heavy (non-hydrogen) atoms. The van der Waals surface area contributed by atoms with Crippen molar-refractivity contribution in [3.8, 4) is 0 Å². The summed E-state index contributed by atoms with van der Waals surface area (Å²) in [5.74, 6) is -2.39. The van der Waals surface area contributed by atoms with Crippen LogP contribution >= 0.6 is 34.9 Å². The highest BCUT2D eigenvalue weighted by atomic mass is 32.2. The molecule has 0 spiro atoms. The molecule has 1 N–H and O–H groups in total. The molecule has 0 aliphatic heterocycles. The molecule has 1 heterocycles. The van der Waals surface area contributed by atoms with Crippen molar-refractivity contribution in [2.75, 3.05) is 11.6 Å². The van der Waals surface area contributed by atoms with Gasteiger partial charge in [-0.15, -0.1) is 10.2 Å². The molecule has 96 valence electrons. The summed E-state index contributed by atoms with van der Waals surface area (Å²) in [6.07, 6.45) is 1.93. The Morgan fingerprint density at radius 3 is 2.50 bits per heavy atom. The summed E-state index contributed by atoms with van der Waals surface area (Å²) in [6, 6.07) is 6.78. The van der Waals surface area contributed by atoms with Gasteiger partial charge in [0.1, 0.15) is 0 Å². The number of alkyl halides is 2. The molecule has 8 heteroatoms. The van der Waals surface area contributed by atoms with Gasteiger partial charge in [0.25, 0.3) is 5.76 Å². The third-order valence-corrected chi connectivity index (χ3v) is 4.45. The molecule has 1 aromatic carbocycles. The molecule has 2 rings (SSSR count). The molecule has 0 unspecified atom stereocenters. The van der Waals surface area contributed by atoms with Gasteiger partial charge in [-0.1, -0.05) is 34.9 Å². The van der Waals surface area contributed by atoms with Gasteiger partial charge in [-0.05, 0) is 30.5 Å². The number of halogens is 2. The fraction of sp³-hybridized carbons (Fsp3) is 0.200. The van der Waals surface area contributed by atoms with Crippen molar-refractivity contribution < 1.29 is 8.78 Å². The maximum atomic E-state index is 12.1. The van der Waals surface area contributed by atoms with Gasteiger partial charge >= 0.3 is 0 Å². The molecule has 0 amide bonds. The number of rotatable bonds is 5. The van der Waals surface area contributed by atoms with Crippen LogP contribution in [0, 0.1) is 0 Å². The van der Waals surface area contributed by atoms with Crippen molar-refractivity contribution >= 4 is 45.7 Å².